The van der Waals surface area contributed by atoms with E-state index in [1.165, 1.54) is 0 Å². The van der Waals surface area contributed by atoms with Crippen molar-refractivity contribution in [3.63, 3.8) is 0 Å². The Morgan fingerprint density at radius 3 is 2.37 bits per heavy atom. The molecular weight excluding hydrogens is 450 g/mol. The van der Waals surface area contributed by atoms with Crippen LogP contribution in [0.5, 0.6) is 11.5 Å². The fourth-order valence-corrected chi connectivity index (χ4v) is 7.27. The molecule has 0 bridgehead atoms. The van der Waals surface area contributed by atoms with E-state index in [0.29, 0.717) is 17.2 Å². The Kier molecular flexibility index (Phi) is 6.10. The van der Waals surface area contributed by atoms with Crippen LogP contribution in [0.1, 0.15) is 22.1 Å². The van der Waals surface area contributed by atoms with E-state index < -0.39 is 10.0 Å². The van der Waals surface area contributed by atoms with Crippen LogP contribution in [-0.2, 0) is 10.0 Å². The maximum Gasteiger partial charge on any atom is 0.244 e. The van der Waals surface area contributed by atoms with Crippen LogP contribution < -0.4 is 9.47 Å². The van der Waals surface area contributed by atoms with E-state index in [0.717, 1.165) is 32.7 Å². The number of halogens is 1. The molecule has 1 aliphatic rings. The Morgan fingerprint density at radius 1 is 1.07 bits per heavy atom. The summed E-state index contributed by atoms with van der Waals surface area (Å²) >= 11 is 5.12. The van der Waals surface area contributed by atoms with Crippen molar-refractivity contribution in [2.75, 3.05) is 26.5 Å². The molecule has 1 atom stereocenters. The third-order valence-electron chi connectivity index (χ3n) is 4.80. The molecule has 0 saturated carbocycles. The van der Waals surface area contributed by atoms with Gasteiger partial charge in [0.2, 0.25) is 10.0 Å². The molecule has 0 aromatic heterocycles. The van der Waals surface area contributed by atoms with Crippen molar-refractivity contribution in [3.05, 3.63) is 51.5 Å². The predicted octanol–water partition coefficient (Wildman–Crippen LogP) is 4.52. The first-order valence-electron chi connectivity index (χ1n) is 8.42. The van der Waals surface area contributed by atoms with E-state index in [9.17, 15) is 8.42 Å². The molecule has 0 aliphatic carbocycles. The summed E-state index contributed by atoms with van der Waals surface area (Å²) in [5, 5.41) is -0.265. The molecule has 0 amide bonds. The van der Waals surface area contributed by atoms with E-state index in [4.69, 9.17) is 9.47 Å². The van der Waals surface area contributed by atoms with Gasteiger partial charge in [-0.05, 0) is 70.7 Å². The highest BCUT2D eigenvalue weighted by Gasteiger charge is 2.38. The van der Waals surface area contributed by atoms with Crippen LogP contribution in [0.2, 0.25) is 0 Å². The topological polar surface area (TPSA) is 55.8 Å². The number of methoxy groups -OCH3 is 2. The fraction of sp³-hybridized carbons (Fsp3) is 0.368. The molecule has 2 aromatic carbocycles. The number of sulfonamides is 1. The molecule has 0 radical (unpaired) electrons. The third-order valence-corrected chi connectivity index (χ3v) is 8.83. The molecular formula is C19H22BrNO4S2. The van der Waals surface area contributed by atoms with Gasteiger partial charge in [0.25, 0.3) is 0 Å². The van der Waals surface area contributed by atoms with E-state index >= 15 is 0 Å². The summed E-state index contributed by atoms with van der Waals surface area (Å²) in [5.74, 6) is 2.16. The van der Waals surface area contributed by atoms with Gasteiger partial charge in [0, 0.05) is 12.3 Å². The third kappa shape index (κ3) is 3.72. The lowest BCUT2D eigenvalue weighted by molar-refractivity contribution is 0.409. The lowest BCUT2D eigenvalue weighted by atomic mass is 10.1. The lowest BCUT2D eigenvalue weighted by Crippen LogP contribution is -2.31. The molecule has 1 saturated heterocycles. The number of ether oxygens (including phenoxy) is 2. The maximum atomic E-state index is 13.4. The number of thioether (sulfide) groups is 1. The van der Waals surface area contributed by atoms with Crippen molar-refractivity contribution in [2.24, 2.45) is 0 Å². The molecule has 3 rings (SSSR count). The monoisotopic (exact) mass is 471 g/mol. The van der Waals surface area contributed by atoms with Gasteiger partial charge in [-0.25, -0.2) is 8.42 Å². The Hall–Kier alpha value is -1.22. The normalized spacial score (nSPS) is 17.9. The fourth-order valence-electron chi connectivity index (χ4n) is 3.20. The highest BCUT2D eigenvalue weighted by Crippen LogP contribution is 2.44. The van der Waals surface area contributed by atoms with Gasteiger partial charge < -0.3 is 9.47 Å². The minimum atomic E-state index is -3.63. The summed E-state index contributed by atoms with van der Waals surface area (Å²) in [6.45, 7) is 4.18. The Morgan fingerprint density at radius 2 is 1.74 bits per heavy atom. The summed E-state index contributed by atoms with van der Waals surface area (Å²) in [6.07, 6.45) is 0. The summed E-state index contributed by atoms with van der Waals surface area (Å²) in [7, 11) is -0.438. The molecule has 1 unspecified atom stereocenters. The second kappa shape index (κ2) is 8.03. The summed E-state index contributed by atoms with van der Waals surface area (Å²) in [5.41, 5.74) is 2.49. The van der Waals surface area contributed by atoms with E-state index in [1.54, 1.807) is 42.4 Å². The van der Waals surface area contributed by atoms with Gasteiger partial charge in [-0.15, -0.1) is 11.8 Å². The highest BCUT2D eigenvalue weighted by molar-refractivity contribution is 9.10. The quantitative estimate of drug-likeness (QED) is 0.641. The molecule has 27 heavy (non-hydrogen) atoms. The maximum absolute atomic E-state index is 13.4. The predicted molar refractivity (Wildman–Crippen MR) is 112 cm³/mol. The van der Waals surface area contributed by atoms with Gasteiger partial charge in [-0.3, -0.25) is 0 Å². The van der Waals surface area contributed by atoms with Crippen LogP contribution in [0.15, 0.2) is 39.7 Å². The minimum Gasteiger partial charge on any atom is -0.496 e. The zero-order valence-corrected chi connectivity index (χ0v) is 18.9. The standard InChI is InChI=1S/C19H22BrNO4S2/c1-12-13(2)18(8-7-16(12)24-3)27(22,23)21-9-10-26-19(21)14-5-6-17(25-4)15(20)11-14/h5-8,11,19H,9-10H2,1-4H3. The van der Waals surface area contributed by atoms with E-state index in [1.807, 2.05) is 32.0 Å². The van der Waals surface area contributed by atoms with Crippen molar-refractivity contribution >= 4 is 37.7 Å². The average Bonchev–Trinajstić information content (AvgIpc) is 3.14. The van der Waals surface area contributed by atoms with Crippen molar-refractivity contribution in [1.29, 1.82) is 0 Å². The first kappa shape index (κ1) is 20.5. The number of benzene rings is 2. The number of nitrogens with zero attached hydrogens (tertiary/aromatic N) is 1. The molecule has 5 nitrogen and oxygen atoms in total. The van der Waals surface area contributed by atoms with Crippen LogP contribution >= 0.6 is 27.7 Å². The molecule has 0 spiro atoms. The number of hydrogen-bond donors (Lipinski definition) is 0. The van der Waals surface area contributed by atoms with Crippen molar-refractivity contribution in [3.8, 4) is 11.5 Å². The largest absolute Gasteiger partial charge is 0.496 e. The number of rotatable bonds is 5. The van der Waals surface area contributed by atoms with E-state index in [-0.39, 0.29) is 5.37 Å². The first-order chi connectivity index (χ1) is 12.8. The Bertz CT molecular complexity index is 962. The van der Waals surface area contributed by atoms with Crippen LogP contribution in [0.4, 0.5) is 0 Å². The van der Waals surface area contributed by atoms with Gasteiger partial charge in [0.05, 0.1) is 29.0 Å². The van der Waals surface area contributed by atoms with Crippen LogP contribution in [-0.4, -0.2) is 39.2 Å². The average molecular weight is 472 g/mol. The molecule has 1 heterocycles. The summed E-state index contributed by atoms with van der Waals surface area (Å²) < 4.78 is 39.9. The molecule has 1 fully saturated rings. The second-order valence-corrected chi connectivity index (χ2v) is 10.2. The SMILES string of the molecule is COc1ccc(C2SCCN2S(=O)(=O)c2ccc(OC)c(C)c2C)cc1Br. The summed E-state index contributed by atoms with van der Waals surface area (Å²) in [4.78, 5) is 0.334. The van der Waals surface area contributed by atoms with Gasteiger partial charge >= 0.3 is 0 Å². The van der Waals surface area contributed by atoms with Gasteiger partial charge in [0.1, 0.15) is 11.5 Å². The minimum absolute atomic E-state index is 0.265. The lowest BCUT2D eigenvalue weighted by Gasteiger charge is -2.25. The first-order valence-corrected chi connectivity index (χ1v) is 11.7. The van der Waals surface area contributed by atoms with Gasteiger partial charge in [0.15, 0.2) is 0 Å². The second-order valence-electron chi connectivity index (χ2n) is 6.25. The van der Waals surface area contributed by atoms with Gasteiger partial charge in [-0.2, -0.15) is 4.31 Å². The smallest absolute Gasteiger partial charge is 0.244 e. The zero-order chi connectivity index (χ0) is 19.8. The van der Waals surface area contributed by atoms with Crippen molar-refractivity contribution < 1.29 is 17.9 Å². The number of hydrogen-bond acceptors (Lipinski definition) is 5. The Balaban J connectivity index is 2.01. The molecule has 1 aliphatic heterocycles. The van der Waals surface area contributed by atoms with Crippen molar-refractivity contribution in [1.82, 2.24) is 4.31 Å². The summed E-state index contributed by atoms with van der Waals surface area (Å²) in [6, 6.07) is 9.06. The van der Waals surface area contributed by atoms with Crippen LogP contribution in [0.3, 0.4) is 0 Å². The molecule has 0 N–H and O–H groups in total. The van der Waals surface area contributed by atoms with Crippen LogP contribution in [0.25, 0.3) is 0 Å². The zero-order valence-electron chi connectivity index (χ0n) is 15.7. The van der Waals surface area contributed by atoms with Gasteiger partial charge in [-0.1, -0.05) is 6.07 Å². The van der Waals surface area contributed by atoms with Crippen LogP contribution in [0, 0.1) is 13.8 Å². The Labute approximate surface area is 173 Å². The molecule has 8 heteroatoms. The highest BCUT2D eigenvalue weighted by atomic mass is 79.9. The van der Waals surface area contributed by atoms with Crippen molar-refractivity contribution in [2.45, 2.75) is 24.1 Å². The molecule has 146 valence electrons. The molecule has 2 aromatic rings. The van der Waals surface area contributed by atoms with E-state index in [2.05, 4.69) is 15.9 Å².